The van der Waals surface area contributed by atoms with Gasteiger partial charge in [0.2, 0.25) is 5.91 Å². The molecule has 98 valence electrons. The molecule has 3 N–H and O–H groups in total. The third-order valence-corrected chi connectivity index (χ3v) is 2.96. The number of rotatable bonds is 5. The lowest BCUT2D eigenvalue weighted by Crippen LogP contribution is -2.24. The van der Waals surface area contributed by atoms with Gasteiger partial charge in [-0.05, 0) is 13.3 Å². The second-order valence-electron chi connectivity index (χ2n) is 4.28. The van der Waals surface area contributed by atoms with Crippen molar-refractivity contribution in [2.75, 3.05) is 23.7 Å². The van der Waals surface area contributed by atoms with Crippen molar-refractivity contribution in [3.05, 3.63) is 11.9 Å². The van der Waals surface area contributed by atoms with Crippen LogP contribution in [0.25, 0.3) is 0 Å². The lowest BCUT2D eigenvalue weighted by atomic mass is 10.2. The van der Waals surface area contributed by atoms with Gasteiger partial charge >= 0.3 is 0 Å². The summed E-state index contributed by atoms with van der Waals surface area (Å²) >= 11 is 0. The molecule has 1 saturated heterocycles. The van der Waals surface area contributed by atoms with Crippen LogP contribution in [0.5, 0.6) is 0 Å². The Morgan fingerprint density at radius 2 is 2.17 bits per heavy atom. The van der Waals surface area contributed by atoms with Crippen LogP contribution in [0.3, 0.4) is 0 Å². The molecule has 2 rings (SSSR count). The fourth-order valence-electron chi connectivity index (χ4n) is 2.09. The molecule has 1 amide bonds. The molecule has 0 radical (unpaired) electrons. The van der Waals surface area contributed by atoms with Gasteiger partial charge in [-0.3, -0.25) is 4.79 Å². The van der Waals surface area contributed by atoms with E-state index in [0.717, 1.165) is 30.2 Å². The zero-order valence-corrected chi connectivity index (χ0v) is 10.8. The van der Waals surface area contributed by atoms with Crippen molar-refractivity contribution in [1.29, 1.82) is 0 Å². The zero-order chi connectivity index (χ0) is 13.0. The number of hydrogen-bond donors (Lipinski definition) is 3. The monoisotopic (exact) mass is 249 g/mol. The highest BCUT2D eigenvalue weighted by Gasteiger charge is 2.22. The average molecular weight is 249 g/mol. The van der Waals surface area contributed by atoms with Gasteiger partial charge in [-0.2, -0.15) is 0 Å². The van der Waals surface area contributed by atoms with Gasteiger partial charge in [0.15, 0.2) is 0 Å². The molecule has 0 spiro atoms. The van der Waals surface area contributed by atoms with E-state index in [1.807, 2.05) is 6.92 Å². The van der Waals surface area contributed by atoms with Crippen molar-refractivity contribution >= 4 is 17.5 Å². The summed E-state index contributed by atoms with van der Waals surface area (Å²) in [7, 11) is 0. The predicted molar refractivity (Wildman–Crippen MR) is 70.6 cm³/mol. The van der Waals surface area contributed by atoms with E-state index >= 15 is 0 Å². The highest BCUT2D eigenvalue weighted by atomic mass is 16.1. The Morgan fingerprint density at radius 3 is 2.78 bits per heavy atom. The van der Waals surface area contributed by atoms with Gasteiger partial charge in [-0.25, -0.2) is 9.97 Å². The lowest BCUT2D eigenvalue weighted by molar-refractivity contribution is -0.119. The van der Waals surface area contributed by atoms with E-state index in [1.54, 1.807) is 6.33 Å². The Kier molecular flexibility index (Phi) is 3.96. The number of aromatic nitrogens is 2. The molecule has 1 aliphatic rings. The van der Waals surface area contributed by atoms with Crippen LogP contribution < -0.4 is 16.0 Å². The Morgan fingerprint density at radius 1 is 1.39 bits per heavy atom. The minimum absolute atomic E-state index is 0.0894. The van der Waals surface area contributed by atoms with Crippen LogP contribution in [-0.4, -0.2) is 35.0 Å². The molecule has 0 bridgehead atoms. The number of amides is 1. The number of hydrogen-bond acceptors (Lipinski definition) is 5. The van der Waals surface area contributed by atoms with E-state index in [-0.39, 0.29) is 11.9 Å². The van der Waals surface area contributed by atoms with Crippen LogP contribution in [-0.2, 0) is 11.2 Å². The summed E-state index contributed by atoms with van der Waals surface area (Å²) < 4.78 is 0. The van der Waals surface area contributed by atoms with E-state index in [1.165, 1.54) is 0 Å². The highest BCUT2D eigenvalue weighted by molar-refractivity contribution is 5.79. The van der Waals surface area contributed by atoms with Crippen molar-refractivity contribution in [1.82, 2.24) is 15.3 Å². The molecule has 6 nitrogen and oxygen atoms in total. The fourth-order valence-corrected chi connectivity index (χ4v) is 2.09. The summed E-state index contributed by atoms with van der Waals surface area (Å²) in [5, 5.41) is 9.35. The molecule has 2 heterocycles. The minimum atomic E-state index is 0.0894. The first-order valence-electron chi connectivity index (χ1n) is 6.35. The van der Waals surface area contributed by atoms with Crippen LogP contribution in [0.2, 0.25) is 0 Å². The fraction of sp³-hybridized carbons (Fsp3) is 0.583. The molecule has 0 aromatic carbocycles. The molecule has 6 heteroatoms. The van der Waals surface area contributed by atoms with Gasteiger partial charge in [-0.15, -0.1) is 0 Å². The van der Waals surface area contributed by atoms with Gasteiger partial charge in [0.25, 0.3) is 0 Å². The van der Waals surface area contributed by atoms with Crippen molar-refractivity contribution in [3.63, 3.8) is 0 Å². The number of carbonyl (C=O) groups excluding carboxylic acids is 1. The van der Waals surface area contributed by atoms with Crippen LogP contribution in [0, 0.1) is 0 Å². The van der Waals surface area contributed by atoms with Gasteiger partial charge in [0.05, 0.1) is 6.04 Å². The first kappa shape index (κ1) is 12.6. The number of anilines is 2. The minimum Gasteiger partial charge on any atom is -0.370 e. The third kappa shape index (κ3) is 2.69. The Balaban J connectivity index is 2.16. The first-order valence-corrected chi connectivity index (χ1v) is 6.35. The Labute approximate surface area is 107 Å². The van der Waals surface area contributed by atoms with Crippen LogP contribution in [0.4, 0.5) is 11.6 Å². The molecule has 0 saturated carbocycles. The second-order valence-corrected chi connectivity index (χ2v) is 4.28. The van der Waals surface area contributed by atoms with Crippen molar-refractivity contribution in [2.45, 2.75) is 32.7 Å². The lowest BCUT2D eigenvalue weighted by Gasteiger charge is -2.16. The van der Waals surface area contributed by atoms with E-state index < -0.39 is 0 Å². The summed E-state index contributed by atoms with van der Waals surface area (Å²) in [6.07, 6.45) is 2.90. The molecule has 1 atom stereocenters. The van der Waals surface area contributed by atoms with E-state index in [9.17, 15) is 4.79 Å². The Bertz CT molecular complexity index is 434. The van der Waals surface area contributed by atoms with Gasteiger partial charge in [0.1, 0.15) is 18.0 Å². The molecule has 18 heavy (non-hydrogen) atoms. The predicted octanol–water partition coefficient (Wildman–Crippen LogP) is 0.771. The van der Waals surface area contributed by atoms with Gasteiger partial charge in [0, 0.05) is 25.1 Å². The first-order chi connectivity index (χ1) is 8.74. The molecule has 1 aromatic rings. The van der Waals surface area contributed by atoms with Gasteiger partial charge in [-0.1, -0.05) is 6.92 Å². The van der Waals surface area contributed by atoms with Crippen LogP contribution in [0.15, 0.2) is 6.33 Å². The molecular formula is C12H19N5O. The standard InChI is InChI=1S/C12H19N5O/c1-3-9-11(13-4-2)15-7-16-12(9)17-8-5-10(18)14-6-8/h7-8H,3-6H2,1-2H3,(H,14,18)(H2,13,15,16,17). The summed E-state index contributed by atoms with van der Waals surface area (Å²) in [5.41, 5.74) is 1.07. The number of nitrogens with one attached hydrogen (secondary N) is 3. The molecule has 1 unspecified atom stereocenters. The zero-order valence-electron chi connectivity index (χ0n) is 10.8. The quantitative estimate of drug-likeness (QED) is 0.718. The Hall–Kier alpha value is -1.85. The smallest absolute Gasteiger partial charge is 0.222 e. The maximum absolute atomic E-state index is 11.2. The summed E-state index contributed by atoms with van der Waals surface area (Å²) in [5.74, 6) is 1.78. The maximum Gasteiger partial charge on any atom is 0.222 e. The molecule has 1 aromatic heterocycles. The van der Waals surface area contributed by atoms with Crippen LogP contribution >= 0.6 is 0 Å². The van der Waals surface area contributed by atoms with Crippen molar-refractivity contribution in [3.8, 4) is 0 Å². The molecule has 1 fully saturated rings. The van der Waals surface area contributed by atoms with Crippen LogP contribution in [0.1, 0.15) is 25.8 Å². The van der Waals surface area contributed by atoms with Crippen molar-refractivity contribution < 1.29 is 4.79 Å². The molecule has 1 aliphatic heterocycles. The topological polar surface area (TPSA) is 78.9 Å². The van der Waals surface area contributed by atoms with E-state index in [2.05, 4.69) is 32.8 Å². The highest BCUT2D eigenvalue weighted by Crippen LogP contribution is 2.21. The number of nitrogens with zero attached hydrogens (tertiary/aromatic N) is 2. The second kappa shape index (κ2) is 5.66. The largest absolute Gasteiger partial charge is 0.370 e. The third-order valence-electron chi connectivity index (χ3n) is 2.96. The van der Waals surface area contributed by atoms with Gasteiger partial charge < -0.3 is 16.0 Å². The van der Waals surface area contributed by atoms with E-state index in [4.69, 9.17) is 0 Å². The van der Waals surface area contributed by atoms with E-state index in [0.29, 0.717) is 13.0 Å². The average Bonchev–Trinajstić information content (AvgIpc) is 2.76. The summed E-state index contributed by atoms with van der Waals surface area (Å²) in [6, 6.07) is 0.118. The summed E-state index contributed by atoms with van der Waals surface area (Å²) in [6.45, 7) is 5.59. The maximum atomic E-state index is 11.2. The molecule has 0 aliphatic carbocycles. The van der Waals surface area contributed by atoms with Crippen molar-refractivity contribution in [2.24, 2.45) is 0 Å². The normalized spacial score (nSPS) is 18.6. The number of carbonyl (C=O) groups is 1. The summed E-state index contributed by atoms with van der Waals surface area (Å²) in [4.78, 5) is 19.7. The molecular weight excluding hydrogens is 230 g/mol. The SMILES string of the molecule is CCNc1ncnc(NC2CNC(=O)C2)c1CC.